The second-order valence-corrected chi connectivity index (χ2v) is 4.72. The van der Waals surface area contributed by atoms with Gasteiger partial charge in [0.2, 0.25) is 0 Å². The fourth-order valence-corrected chi connectivity index (χ4v) is 1.83. The lowest BCUT2D eigenvalue weighted by Crippen LogP contribution is -2.24. The molecular weight excluding hydrogens is 268 g/mol. The zero-order chi connectivity index (χ0) is 15.1. The van der Waals surface area contributed by atoms with E-state index in [0.29, 0.717) is 12.3 Å². The van der Waals surface area contributed by atoms with Crippen molar-refractivity contribution < 1.29 is 13.9 Å². The summed E-state index contributed by atoms with van der Waals surface area (Å²) in [5, 5.41) is 5.82. The molecule has 2 rings (SSSR count). The molecule has 0 unspecified atom stereocenters. The van der Waals surface area contributed by atoms with Crippen LogP contribution in [0.5, 0.6) is 5.75 Å². The van der Waals surface area contributed by atoms with E-state index in [1.807, 2.05) is 43.3 Å². The fraction of sp³-hybridized carbons (Fsp3) is 0.312. The zero-order valence-electron chi connectivity index (χ0n) is 12.3. The largest absolute Gasteiger partial charge is 0.484 e. The van der Waals surface area contributed by atoms with E-state index in [0.717, 1.165) is 23.6 Å². The third kappa shape index (κ3) is 4.96. The second kappa shape index (κ2) is 7.50. The summed E-state index contributed by atoms with van der Waals surface area (Å²) in [6, 6.07) is 11.6. The first-order chi connectivity index (χ1) is 10.2. The van der Waals surface area contributed by atoms with Crippen LogP contribution in [-0.4, -0.2) is 19.6 Å². The lowest BCUT2D eigenvalue weighted by atomic mass is 10.2. The highest BCUT2D eigenvalue weighted by atomic mass is 16.5. The summed E-state index contributed by atoms with van der Waals surface area (Å²) in [5.41, 5.74) is 1.14. The molecule has 0 aliphatic rings. The Morgan fingerprint density at radius 3 is 2.52 bits per heavy atom. The molecule has 112 valence electrons. The van der Waals surface area contributed by atoms with Crippen LogP contribution in [0, 0.1) is 6.92 Å². The van der Waals surface area contributed by atoms with Gasteiger partial charge in [-0.1, -0.05) is 12.1 Å². The molecule has 0 saturated heterocycles. The first kappa shape index (κ1) is 15.1. The third-order valence-electron chi connectivity index (χ3n) is 3.00. The summed E-state index contributed by atoms with van der Waals surface area (Å²) in [6.45, 7) is 3.41. The van der Waals surface area contributed by atoms with Gasteiger partial charge in [0.25, 0.3) is 5.91 Å². The van der Waals surface area contributed by atoms with E-state index in [1.54, 1.807) is 7.05 Å². The molecule has 0 bridgehead atoms. The van der Waals surface area contributed by atoms with Gasteiger partial charge in [0.05, 0.1) is 6.54 Å². The summed E-state index contributed by atoms with van der Waals surface area (Å²) in [4.78, 5) is 11.1. The first-order valence-electron chi connectivity index (χ1n) is 6.85. The predicted molar refractivity (Wildman–Crippen MR) is 80.0 cm³/mol. The molecule has 1 aromatic heterocycles. The third-order valence-corrected chi connectivity index (χ3v) is 3.00. The monoisotopic (exact) mass is 288 g/mol. The van der Waals surface area contributed by atoms with Crippen molar-refractivity contribution >= 4 is 5.91 Å². The van der Waals surface area contributed by atoms with Crippen molar-refractivity contribution in [3.05, 3.63) is 53.5 Å². The fourth-order valence-electron chi connectivity index (χ4n) is 1.83. The van der Waals surface area contributed by atoms with Gasteiger partial charge < -0.3 is 19.8 Å². The van der Waals surface area contributed by atoms with Crippen molar-refractivity contribution in [3.63, 3.8) is 0 Å². The van der Waals surface area contributed by atoms with Crippen LogP contribution < -0.4 is 15.4 Å². The van der Waals surface area contributed by atoms with Gasteiger partial charge in [-0.25, -0.2) is 0 Å². The number of carbonyl (C=O) groups excluding carboxylic acids is 1. The molecule has 5 nitrogen and oxygen atoms in total. The summed E-state index contributed by atoms with van der Waals surface area (Å²) in [7, 11) is 1.58. The first-order valence-corrected chi connectivity index (χ1v) is 6.85. The number of hydrogen-bond donors (Lipinski definition) is 2. The molecule has 1 heterocycles. The van der Waals surface area contributed by atoms with Gasteiger partial charge in [-0.3, -0.25) is 4.79 Å². The van der Waals surface area contributed by atoms with Gasteiger partial charge in [-0.2, -0.15) is 0 Å². The molecular formula is C16H20N2O3. The number of furan rings is 1. The minimum atomic E-state index is -0.144. The summed E-state index contributed by atoms with van der Waals surface area (Å²) < 4.78 is 10.8. The number of ether oxygens (including phenoxy) is 1. The van der Waals surface area contributed by atoms with Crippen molar-refractivity contribution in [2.75, 3.05) is 13.7 Å². The highest BCUT2D eigenvalue weighted by Crippen LogP contribution is 2.12. The average molecular weight is 288 g/mol. The number of amides is 1. The summed E-state index contributed by atoms with van der Waals surface area (Å²) in [6.07, 6.45) is 0. The van der Waals surface area contributed by atoms with E-state index in [9.17, 15) is 4.79 Å². The van der Waals surface area contributed by atoms with Gasteiger partial charge in [-0.15, -0.1) is 0 Å². The van der Waals surface area contributed by atoms with E-state index in [4.69, 9.17) is 9.15 Å². The molecule has 1 amide bonds. The van der Waals surface area contributed by atoms with E-state index in [1.165, 1.54) is 0 Å². The molecule has 0 aliphatic heterocycles. The molecule has 5 heteroatoms. The van der Waals surface area contributed by atoms with Crippen molar-refractivity contribution in [2.24, 2.45) is 0 Å². The Balaban J connectivity index is 1.75. The van der Waals surface area contributed by atoms with Gasteiger partial charge in [-0.05, 0) is 36.8 Å². The van der Waals surface area contributed by atoms with E-state index >= 15 is 0 Å². The normalized spacial score (nSPS) is 10.4. The Kier molecular flexibility index (Phi) is 5.40. The molecule has 0 atom stereocenters. The maximum absolute atomic E-state index is 11.1. The number of carbonyl (C=O) groups is 1. The Morgan fingerprint density at radius 2 is 1.90 bits per heavy atom. The number of benzene rings is 1. The van der Waals surface area contributed by atoms with Crippen LogP contribution in [0.3, 0.4) is 0 Å². The average Bonchev–Trinajstić information content (AvgIpc) is 2.91. The lowest BCUT2D eigenvalue weighted by molar-refractivity contribution is -0.122. The maximum atomic E-state index is 11.1. The topological polar surface area (TPSA) is 63.5 Å². The molecule has 0 saturated carbocycles. The minimum Gasteiger partial charge on any atom is -0.484 e. The van der Waals surface area contributed by atoms with Crippen LogP contribution in [-0.2, 0) is 17.9 Å². The molecule has 0 aliphatic carbocycles. The molecule has 0 fully saturated rings. The Labute approximate surface area is 124 Å². The lowest BCUT2D eigenvalue weighted by Gasteiger charge is -2.07. The van der Waals surface area contributed by atoms with Crippen molar-refractivity contribution in [2.45, 2.75) is 20.0 Å². The Hall–Kier alpha value is -2.27. The van der Waals surface area contributed by atoms with Crippen molar-refractivity contribution in [3.8, 4) is 5.75 Å². The zero-order valence-corrected chi connectivity index (χ0v) is 12.3. The predicted octanol–water partition coefficient (Wildman–Crippen LogP) is 2.00. The molecule has 0 spiro atoms. The summed E-state index contributed by atoms with van der Waals surface area (Å²) >= 11 is 0. The Morgan fingerprint density at radius 1 is 1.14 bits per heavy atom. The molecule has 1 aromatic carbocycles. The quantitative estimate of drug-likeness (QED) is 0.818. The van der Waals surface area contributed by atoms with Crippen LogP contribution in [0.1, 0.15) is 17.1 Å². The second-order valence-electron chi connectivity index (χ2n) is 4.72. The Bertz CT molecular complexity index is 575. The van der Waals surface area contributed by atoms with Gasteiger partial charge >= 0.3 is 0 Å². The molecule has 21 heavy (non-hydrogen) atoms. The number of nitrogens with one attached hydrogen (secondary N) is 2. The van der Waals surface area contributed by atoms with Gasteiger partial charge in [0.15, 0.2) is 6.61 Å². The molecule has 2 aromatic rings. The highest BCUT2D eigenvalue weighted by Gasteiger charge is 2.01. The van der Waals surface area contributed by atoms with E-state index < -0.39 is 0 Å². The van der Waals surface area contributed by atoms with Crippen LogP contribution in [0.15, 0.2) is 40.8 Å². The number of likely N-dealkylation sites (N-methyl/N-ethyl adjacent to an activating group) is 1. The van der Waals surface area contributed by atoms with Crippen molar-refractivity contribution in [1.29, 1.82) is 0 Å². The van der Waals surface area contributed by atoms with Crippen LogP contribution in [0.25, 0.3) is 0 Å². The van der Waals surface area contributed by atoms with Gasteiger partial charge in [0.1, 0.15) is 17.3 Å². The van der Waals surface area contributed by atoms with Gasteiger partial charge in [0, 0.05) is 13.6 Å². The van der Waals surface area contributed by atoms with Crippen molar-refractivity contribution in [1.82, 2.24) is 10.6 Å². The smallest absolute Gasteiger partial charge is 0.257 e. The SMILES string of the molecule is CNC(=O)COc1ccc(CNCc2ccc(C)o2)cc1. The minimum absolute atomic E-state index is 0.0337. The maximum Gasteiger partial charge on any atom is 0.257 e. The van der Waals surface area contributed by atoms with E-state index in [-0.39, 0.29) is 12.5 Å². The number of hydrogen-bond acceptors (Lipinski definition) is 4. The molecule has 2 N–H and O–H groups in total. The molecule has 0 radical (unpaired) electrons. The van der Waals surface area contributed by atoms with Crippen LogP contribution >= 0.6 is 0 Å². The highest BCUT2D eigenvalue weighted by molar-refractivity contribution is 5.77. The standard InChI is InChI=1S/C16H20N2O3/c1-12-3-6-15(21-12)10-18-9-13-4-7-14(8-5-13)20-11-16(19)17-2/h3-8,18H,9-11H2,1-2H3,(H,17,19). The van der Waals surface area contributed by atoms with Crippen LogP contribution in [0.4, 0.5) is 0 Å². The number of rotatable bonds is 7. The van der Waals surface area contributed by atoms with Crippen LogP contribution in [0.2, 0.25) is 0 Å². The van der Waals surface area contributed by atoms with E-state index in [2.05, 4.69) is 10.6 Å². The summed E-state index contributed by atoms with van der Waals surface area (Å²) in [5.74, 6) is 2.39. The number of aryl methyl sites for hydroxylation is 1.